The molecule has 0 radical (unpaired) electrons. The maximum atomic E-state index is 4.71. The highest BCUT2D eigenvalue weighted by Gasteiger charge is 2.21. The number of anilines is 1. The van der Waals surface area contributed by atoms with Gasteiger partial charge in [0.2, 0.25) is 0 Å². The van der Waals surface area contributed by atoms with Crippen LogP contribution >= 0.6 is 0 Å². The highest BCUT2D eigenvalue weighted by Crippen LogP contribution is 2.22. The van der Waals surface area contributed by atoms with Gasteiger partial charge in [-0.2, -0.15) is 0 Å². The topological polar surface area (TPSA) is 31.4 Å². The summed E-state index contributed by atoms with van der Waals surface area (Å²) in [7, 11) is 4.17. The molecular formula is C15H26N4. The Morgan fingerprint density at radius 1 is 1.42 bits per heavy atom. The molecular weight excluding hydrogens is 236 g/mol. The first kappa shape index (κ1) is 14.3. The Hall–Kier alpha value is -1.13. The van der Waals surface area contributed by atoms with Crippen molar-refractivity contribution in [3.05, 3.63) is 23.4 Å². The van der Waals surface area contributed by atoms with Crippen LogP contribution in [0.4, 0.5) is 5.82 Å². The first-order valence-electron chi connectivity index (χ1n) is 7.17. The van der Waals surface area contributed by atoms with E-state index in [4.69, 9.17) is 4.98 Å². The molecule has 2 heterocycles. The van der Waals surface area contributed by atoms with Crippen molar-refractivity contribution in [1.82, 2.24) is 15.2 Å². The van der Waals surface area contributed by atoms with Crippen LogP contribution in [0.2, 0.25) is 0 Å². The third kappa shape index (κ3) is 3.45. The highest BCUT2D eigenvalue weighted by atomic mass is 15.3. The van der Waals surface area contributed by atoms with Crippen LogP contribution in [-0.2, 0) is 6.54 Å². The molecule has 1 aromatic rings. The SMILES string of the molecule is CNCc1cnc(N2CCCN(C)CC2C)c(C)c1. The molecule has 1 aliphatic rings. The molecule has 1 saturated heterocycles. The van der Waals surface area contributed by atoms with Gasteiger partial charge in [-0.1, -0.05) is 0 Å². The van der Waals surface area contributed by atoms with Gasteiger partial charge in [-0.25, -0.2) is 4.98 Å². The van der Waals surface area contributed by atoms with E-state index in [1.54, 1.807) is 0 Å². The van der Waals surface area contributed by atoms with Gasteiger partial charge in [0, 0.05) is 31.9 Å². The van der Waals surface area contributed by atoms with Gasteiger partial charge in [-0.3, -0.25) is 0 Å². The van der Waals surface area contributed by atoms with Gasteiger partial charge in [0.25, 0.3) is 0 Å². The fraction of sp³-hybridized carbons (Fsp3) is 0.667. The van der Waals surface area contributed by atoms with E-state index in [0.717, 1.165) is 25.5 Å². The first-order valence-corrected chi connectivity index (χ1v) is 7.17. The molecule has 0 bridgehead atoms. The number of pyridine rings is 1. The summed E-state index contributed by atoms with van der Waals surface area (Å²) in [6, 6.07) is 2.77. The largest absolute Gasteiger partial charge is 0.352 e. The normalized spacial score (nSPS) is 21.5. The van der Waals surface area contributed by atoms with Crippen molar-refractivity contribution in [1.29, 1.82) is 0 Å². The second-order valence-corrected chi connectivity index (χ2v) is 5.67. The molecule has 0 amide bonds. The Morgan fingerprint density at radius 3 is 2.89 bits per heavy atom. The second-order valence-electron chi connectivity index (χ2n) is 5.67. The van der Waals surface area contributed by atoms with E-state index in [0.29, 0.717) is 6.04 Å². The van der Waals surface area contributed by atoms with Crippen molar-refractivity contribution in [2.24, 2.45) is 0 Å². The molecule has 106 valence electrons. The summed E-state index contributed by atoms with van der Waals surface area (Å²) in [4.78, 5) is 9.58. The average molecular weight is 262 g/mol. The van der Waals surface area contributed by atoms with Crippen LogP contribution in [0.15, 0.2) is 12.3 Å². The van der Waals surface area contributed by atoms with Crippen LogP contribution in [0, 0.1) is 6.92 Å². The molecule has 1 fully saturated rings. The van der Waals surface area contributed by atoms with E-state index >= 15 is 0 Å². The van der Waals surface area contributed by atoms with Gasteiger partial charge in [0.1, 0.15) is 5.82 Å². The van der Waals surface area contributed by atoms with E-state index in [1.165, 1.54) is 24.1 Å². The smallest absolute Gasteiger partial charge is 0.131 e. The summed E-state index contributed by atoms with van der Waals surface area (Å²) in [5, 5.41) is 3.17. The average Bonchev–Trinajstić information content (AvgIpc) is 2.51. The van der Waals surface area contributed by atoms with E-state index in [1.807, 2.05) is 13.2 Å². The van der Waals surface area contributed by atoms with Crippen molar-refractivity contribution in [2.75, 3.05) is 38.6 Å². The Morgan fingerprint density at radius 2 is 2.21 bits per heavy atom. The molecule has 1 N–H and O–H groups in total. The predicted octanol–water partition coefficient (Wildman–Crippen LogP) is 1.64. The molecule has 0 spiro atoms. The minimum atomic E-state index is 0.522. The number of rotatable bonds is 3. The zero-order chi connectivity index (χ0) is 13.8. The Labute approximate surface area is 116 Å². The van der Waals surface area contributed by atoms with Crippen LogP contribution in [0.1, 0.15) is 24.5 Å². The zero-order valence-electron chi connectivity index (χ0n) is 12.6. The number of nitrogens with one attached hydrogen (secondary N) is 1. The van der Waals surface area contributed by atoms with Crippen molar-refractivity contribution in [2.45, 2.75) is 32.9 Å². The van der Waals surface area contributed by atoms with Crippen molar-refractivity contribution < 1.29 is 0 Å². The molecule has 0 aliphatic carbocycles. The molecule has 1 unspecified atom stereocenters. The molecule has 4 nitrogen and oxygen atoms in total. The van der Waals surface area contributed by atoms with E-state index in [-0.39, 0.29) is 0 Å². The van der Waals surface area contributed by atoms with Gasteiger partial charge >= 0.3 is 0 Å². The number of aromatic nitrogens is 1. The van der Waals surface area contributed by atoms with Crippen LogP contribution < -0.4 is 10.2 Å². The molecule has 0 aromatic carbocycles. The van der Waals surface area contributed by atoms with E-state index in [2.05, 4.69) is 42.1 Å². The van der Waals surface area contributed by atoms with Crippen molar-refractivity contribution >= 4 is 5.82 Å². The highest BCUT2D eigenvalue weighted by molar-refractivity contribution is 5.48. The molecule has 4 heteroatoms. The quantitative estimate of drug-likeness (QED) is 0.897. The van der Waals surface area contributed by atoms with Gasteiger partial charge in [-0.15, -0.1) is 0 Å². The fourth-order valence-electron chi connectivity index (χ4n) is 2.91. The Bertz CT molecular complexity index is 419. The minimum absolute atomic E-state index is 0.522. The fourth-order valence-corrected chi connectivity index (χ4v) is 2.91. The monoisotopic (exact) mass is 262 g/mol. The molecule has 1 aliphatic heterocycles. The summed E-state index contributed by atoms with van der Waals surface area (Å²) in [6.45, 7) is 8.74. The molecule has 1 aromatic heterocycles. The van der Waals surface area contributed by atoms with Gasteiger partial charge in [-0.05, 0) is 58.1 Å². The molecule has 19 heavy (non-hydrogen) atoms. The van der Waals surface area contributed by atoms with Crippen LogP contribution in [0.25, 0.3) is 0 Å². The molecule has 0 saturated carbocycles. The van der Waals surface area contributed by atoms with Crippen LogP contribution in [0.3, 0.4) is 0 Å². The number of hydrogen-bond acceptors (Lipinski definition) is 4. The van der Waals surface area contributed by atoms with Gasteiger partial charge in [0.15, 0.2) is 0 Å². The predicted molar refractivity (Wildman–Crippen MR) is 80.7 cm³/mol. The Kier molecular flexibility index (Phi) is 4.77. The lowest BCUT2D eigenvalue weighted by Gasteiger charge is -2.30. The van der Waals surface area contributed by atoms with Crippen LogP contribution in [0.5, 0.6) is 0 Å². The molecule has 1 atom stereocenters. The lowest BCUT2D eigenvalue weighted by molar-refractivity contribution is 0.337. The maximum absolute atomic E-state index is 4.71. The summed E-state index contributed by atoms with van der Waals surface area (Å²) < 4.78 is 0. The van der Waals surface area contributed by atoms with E-state index in [9.17, 15) is 0 Å². The van der Waals surface area contributed by atoms with Gasteiger partial charge < -0.3 is 15.1 Å². The summed E-state index contributed by atoms with van der Waals surface area (Å²) in [6.07, 6.45) is 3.21. The molecule has 2 rings (SSSR count). The van der Waals surface area contributed by atoms with Gasteiger partial charge in [0.05, 0.1) is 0 Å². The summed E-state index contributed by atoms with van der Waals surface area (Å²) >= 11 is 0. The first-order chi connectivity index (χ1) is 9.11. The second kappa shape index (κ2) is 6.35. The van der Waals surface area contributed by atoms with Crippen LogP contribution in [-0.4, -0.2) is 49.7 Å². The zero-order valence-corrected chi connectivity index (χ0v) is 12.6. The lowest BCUT2D eigenvalue weighted by Crippen LogP contribution is -2.38. The maximum Gasteiger partial charge on any atom is 0.131 e. The number of hydrogen-bond donors (Lipinski definition) is 1. The number of likely N-dealkylation sites (N-methyl/N-ethyl adjacent to an activating group) is 1. The number of nitrogens with zero attached hydrogens (tertiary/aromatic N) is 3. The number of aryl methyl sites for hydroxylation is 1. The minimum Gasteiger partial charge on any atom is -0.352 e. The Balaban J connectivity index is 2.20. The standard InChI is InChI=1S/C15H26N4/c1-12-8-14(9-16-3)10-17-15(12)19-7-5-6-18(4)11-13(19)2/h8,10,13,16H,5-7,9,11H2,1-4H3. The van der Waals surface area contributed by atoms with Crippen molar-refractivity contribution in [3.8, 4) is 0 Å². The lowest BCUT2D eigenvalue weighted by atomic mass is 10.1. The van der Waals surface area contributed by atoms with Crippen molar-refractivity contribution in [3.63, 3.8) is 0 Å². The van der Waals surface area contributed by atoms with E-state index < -0.39 is 0 Å². The third-order valence-corrected chi connectivity index (χ3v) is 3.81. The summed E-state index contributed by atoms with van der Waals surface area (Å²) in [5.74, 6) is 1.16. The summed E-state index contributed by atoms with van der Waals surface area (Å²) in [5.41, 5.74) is 2.53. The third-order valence-electron chi connectivity index (χ3n) is 3.81.